The van der Waals surface area contributed by atoms with Crippen LogP contribution in [0, 0.1) is 0 Å². The molecular weight excluding hydrogens is 203 g/mol. The maximum absolute atomic E-state index is 12.5. The first-order chi connectivity index (χ1) is 6.83. The van der Waals surface area contributed by atoms with E-state index in [0.717, 1.165) is 11.1 Å². The SMILES string of the molecule is FCc1[nH]ncc1-c1ccccc1Cl. The van der Waals surface area contributed by atoms with Crippen molar-refractivity contribution in [1.82, 2.24) is 10.2 Å². The van der Waals surface area contributed by atoms with Crippen LogP contribution in [0.15, 0.2) is 30.5 Å². The van der Waals surface area contributed by atoms with E-state index in [1.54, 1.807) is 12.3 Å². The topological polar surface area (TPSA) is 28.7 Å². The number of nitrogens with zero attached hydrogens (tertiary/aromatic N) is 1. The third kappa shape index (κ3) is 1.51. The van der Waals surface area contributed by atoms with Crippen molar-refractivity contribution in [2.75, 3.05) is 0 Å². The summed E-state index contributed by atoms with van der Waals surface area (Å²) in [5.74, 6) is 0. The molecule has 1 aromatic carbocycles. The maximum atomic E-state index is 12.5. The summed E-state index contributed by atoms with van der Waals surface area (Å²) < 4.78 is 12.5. The van der Waals surface area contributed by atoms with Crippen LogP contribution in [0.5, 0.6) is 0 Å². The van der Waals surface area contributed by atoms with Gasteiger partial charge < -0.3 is 0 Å². The lowest BCUT2D eigenvalue weighted by Gasteiger charge is -2.01. The minimum Gasteiger partial charge on any atom is -0.279 e. The Morgan fingerprint density at radius 2 is 2.07 bits per heavy atom. The number of H-pyrrole nitrogens is 1. The van der Waals surface area contributed by atoms with Gasteiger partial charge >= 0.3 is 0 Å². The first kappa shape index (κ1) is 9.21. The second-order valence-electron chi connectivity index (χ2n) is 2.88. The summed E-state index contributed by atoms with van der Waals surface area (Å²) in [6.07, 6.45) is 1.58. The van der Waals surface area contributed by atoms with Crippen molar-refractivity contribution < 1.29 is 4.39 Å². The molecule has 1 heterocycles. The molecule has 1 N–H and O–H groups in total. The highest BCUT2D eigenvalue weighted by molar-refractivity contribution is 6.33. The molecule has 1 aromatic heterocycles. The van der Waals surface area contributed by atoms with E-state index in [9.17, 15) is 4.39 Å². The Balaban J connectivity index is 2.54. The van der Waals surface area contributed by atoms with E-state index in [1.807, 2.05) is 18.2 Å². The fourth-order valence-electron chi connectivity index (χ4n) is 1.33. The summed E-state index contributed by atoms with van der Waals surface area (Å²) in [7, 11) is 0. The molecule has 0 unspecified atom stereocenters. The van der Waals surface area contributed by atoms with Gasteiger partial charge in [-0.05, 0) is 6.07 Å². The van der Waals surface area contributed by atoms with Crippen molar-refractivity contribution in [3.8, 4) is 11.1 Å². The van der Waals surface area contributed by atoms with E-state index < -0.39 is 6.67 Å². The van der Waals surface area contributed by atoms with E-state index in [2.05, 4.69) is 10.2 Å². The largest absolute Gasteiger partial charge is 0.279 e. The summed E-state index contributed by atoms with van der Waals surface area (Å²) in [4.78, 5) is 0. The van der Waals surface area contributed by atoms with Crippen molar-refractivity contribution in [1.29, 1.82) is 0 Å². The summed E-state index contributed by atoms with van der Waals surface area (Å²) in [5.41, 5.74) is 1.98. The minimum absolute atomic E-state index is 0.457. The van der Waals surface area contributed by atoms with Gasteiger partial charge in [-0.3, -0.25) is 5.10 Å². The molecule has 0 spiro atoms. The van der Waals surface area contributed by atoms with Crippen LogP contribution in [0.1, 0.15) is 5.69 Å². The first-order valence-electron chi connectivity index (χ1n) is 4.16. The molecule has 0 radical (unpaired) electrons. The lowest BCUT2D eigenvalue weighted by atomic mass is 10.1. The van der Waals surface area contributed by atoms with Crippen LogP contribution in [-0.4, -0.2) is 10.2 Å². The van der Waals surface area contributed by atoms with E-state index in [0.29, 0.717) is 10.7 Å². The zero-order chi connectivity index (χ0) is 9.97. The number of benzene rings is 1. The molecule has 0 bridgehead atoms. The van der Waals surface area contributed by atoms with Crippen LogP contribution in [0.3, 0.4) is 0 Å². The molecule has 0 aliphatic rings. The molecule has 2 nitrogen and oxygen atoms in total. The van der Waals surface area contributed by atoms with Gasteiger partial charge in [-0.2, -0.15) is 5.10 Å². The number of rotatable bonds is 2. The van der Waals surface area contributed by atoms with Crippen LogP contribution in [0.4, 0.5) is 4.39 Å². The summed E-state index contributed by atoms with van der Waals surface area (Å²) >= 11 is 5.98. The Labute approximate surface area is 85.7 Å². The van der Waals surface area contributed by atoms with Crippen LogP contribution < -0.4 is 0 Å². The Bertz CT molecular complexity index is 439. The average Bonchev–Trinajstić information content (AvgIpc) is 2.66. The average molecular weight is 211 g/mol. The molecule has 0 amide bonds. The van der Waals surface area contributed by atoms with Gasteiger partial charge in [-0.1, -0.05) is 29.8 Å². The molecule has 0 atom stereocenters. The van der Waals surface area contributed by atoms with Crippen LogP contribution in [0.2, 0.25) is 5.02 Å². The minimum atomic E-state index is -0.569. The first-order valence-corrected chi connectivity index (χ1v) is 4.54. The monoisotopic (exact) mass is 210 g/mol. The molecule has 0 aliphatic carbocycles. The Morgan fingerprint density at radius 3 is 2.79 bits per heavy atom. The number of hydrogen-bond acceptors (Lipinski definition) is 1. The van der Waals surface area contributed by atoms with Crippen LogP contribution in [0.25, 0.3) is 11.1 Å². The van der Waals surface area contributed by atoms with Gasteiger partial charge in [0.15, 0.2) is 0 Å². The van der Waals surface area contributed by atoms with Crippen molar-refractivity contribution in [3.63, 3.8) is 0 Å². The molecule has 2 aromatic rings. The van der Waals surface area contributed by atoms with Crippen molar-refractivity contribution >= 4 is 11.6 Å². The van der Waals surface area contributed by atoms with E-state index >= 15 is 0 Å². The Morgan fingerprint density at radius 1 is 1.29 bits per heavy atom. The van der Waals surface area contributed by atoms with E-state index in [-0.39, 0.29) is 0 Å². The van der Waals surface area contributed by atoms with Gasteiger partial charge in [0.1, 0.15) is 6.67 Å². The van der Waals surface area contributed by atoms with Crippen LogP contribution >= 0.6 is 11.6 Å². The van der Waals surface area contributed by atoms with Gasteiger partial charge in [-0.25, -0.2) is 4.39 Å². The maximum Gasteiger partial charge on any atom is 0.131 e. The number of nitrogens with one attached hydrogen (secondary N) is 1. The van der Waals surface area contributed by atoms with Crippen LogP contribution in [-0.2, 0) is 6.67 Å². The molecule has 0 saturated carbocycles. The number of aromatic amines is 1. The second-order valence-corrected chi connectivity index (χ2v) is 3.28. The smallest absolute Gasteiger partial charge is 0.131 e. The Hall–Kier alpha value is -1.35. The molecule has 0 aliphatic heterocycles. The summed E-state index contributed by atoms with van der Waals surface area (Å²) in [6.45, 7) is -0.569. The molecule has 4 heteroatoms. The normalized spacial score (nSPS) is 10.4. The van der Waals surface area contributed by atoms with Gasteiger partial charge in [-0.15, -0.1) is 0 Å². The molecule has 0 fully saturated rings. The van der Waals surface area contributed by atoms with E-state index in [1.165, 1.54) is 0 Å². The van der Waals surface area contributed by atoms with Crippen molar-refractivity contribution in [2.45, 2.75) is 6.67 Å². The fraction of sp³-hybridized carbons (Fsp3) is 0.100. The predicted molar refractivity (Wildman–Crippen MR) is 53.8 cm³/mol. The van der Waals surface area contributed by atoms with Gasteiger partial charge in [0.2, 0.25) is 0 Å². The summed E-state index contributed by atoms with van der Waals surface area (Å²) in [6, 6.07) is 7.30. The van der Waals surface area contributed by atoms with Crippen molar-refractivity contribution in [2.24, 2.45) is 0 Å². The zero-order valence-corrected chi connectivity index (χ0v) is 8.05. The molecule has 0 saturated heterocycles. The molecule has 2 rings (SSSR count). The lowest BCUT2D eigenvalue weighted by Crippen LogP contribution is -1.84. The van der Waals surface area contributed by atoms with Gasteiger partial charge in [0.25, 0.3) is 0 Å². The van der Waals surface area contributed by atoms with E-state index in [4.69, 9.17) is 11.6 Å². The number of aromatic nitrogens is 2. The molecule has 14 heavy (non-hydrogen) atoms. The number of alkyl halides is 1. The molecular formula is C10H8ClFN2. The highest BCUT2D eigenvalue weighted by atomic mass is 35.5. The number of halogens is 2. The zero-order valence-electron chi connectivity index (χ0n) is 7.30. The second kappa shape index (κ2) is 3.80. The third-order valence-corrected chi connectivity index (χ3v) is 2.35. The third-order valence-electron chi connectivity index (χ3n) is 2.02. The molecule has 72 valence electrons. The van der Waals surface area contributed by atoms with Gasteiger partial charge in [0.05, 0.1) is 11.9 Å². The quantitative estimate of drug-likeness (QED) is 0.810. The predicted octanol–water partition coefficient (Wildman–Crippen LogP) is 3.20. The van der Waals surface area contributed by atoms with Gasteiger partial charge in [0, 0.05) is 16.1 Å². The Kier molecular flexibility index (Phi) is 2.50. The highest BCUT2D eigenvalue weighted by Crippen LogP contribution is 2.29. The highest BCUT2D eigenvalue weighted by Gasteiger charge is 2.09. The fourth-order valence-corrected chi connectivity index (χ4v) is 1.56. The standard InChI is InChI=1S/C10H8ClFN2/c11-9-4-2-1-3-7(9)8-6-13-14-10(8)5-12/h1-4,6H,5H2,(H,13,14). The lowest BCUT2D eigenvalue weighted by molar-refractivity contribution is 0.476. The number of hydrogen-bond donors (Lipinski definition) is 1. The van der Waals surface area contributed by atoms with Crippen molar-refractivity contribution in [3.05, 3.63) is 41.2 Å². The summed E-state index contributed by atoms with van der Waals surface area (Å²) in [5, 5.41) is 6.98.